The maximum atomic E-state index is 12.0. The Kier molecular flexibility index (Phi) is 11.2. The zero-order valence-electron chi connectivity index (χ0n) is 21.3. The average molecular weight is 560 g/mol. The Labute approximate surface area is 245 Å². The van der Waals surface area contributed by atoms with Gasteiger partial charge in [0.05, 0.1) is 13.2 Å². The minimum Gasteiger partial charge on any atom is -0.862 e. The molecule has 0 radical (unpaired) electrons. The third kappa shape index (κ3) is 7.14. The molecule has 2 aromatic rings. The van der Waals surface area contributed by atoms with Gasteiger partial charge in [0, 0.05) is 0 Å². The van der Waals surface area contributed by atoms with Crippen molar-refractivity contribution in [3.05, 3.63) is 48.0 Å². The van der Waals surface area contributed by atoms with E-state index in [-0.39, 0.29) is 36.2 Å². The Morgan fingerprint density at radius 2 is 1.67 bits per heavy atom. The molecular weight excluding hydrogens is 529 g/mol. The average Bonchev–Trinajstić information content (AvgIpc) is 2.89. The molecule has 0 bridgehead atoms. The quantitative estimate of drug-likeness (QED) is 0.102. The third-order valence-electron chi connectivity index (χ3n) is 6.49. The van der Waals surface area contributed by atoms with Gasteiger partial charge in [-0.3, -0.25) is 4.99 Å². The van der Waals surface area contributed by atoms with E-state index in [1.54, 1.807) is 0 Å². The second kappa shape index (κ2) is 13.8. The van der Waals surface area contributed by atoms with Crippen LogP contribution in [0.15, 0.2) is 47.5 Å². The molecule has 14 heteroatoms. The van der Waals surface area contributed by atoms with Gasteiger partial charge >= 0.3 is 35.5 Å². The Balaban J connectivity index is 0.00000420. The summed E-state index contributed by atoms with van der Waals surface area (Å²) in [6.07, 6.45) is -15.4. The van der Waals surface area contributed by atoms with Gasteiger partial charge in [0.15, 0.2) is 18.7 Å². The van der Waals surface area contributed by atoms with Crippen LogP contribution in [-0.4, -0.2) is 110 Å². The fourth-order valence-corrected chi connectivity index (χ4v) is 4.52. The molecule has 0 amide bonds. The number of hydrogen-bond acceptors (Lipinski definition) is 12. The number of benzene rings is 2. The van der Waals surface area contributed by atoms with Crippen molar-refractivity contribution in [2.45, 2.75) is 74.9 Å². The molecule has 4 rings (SSSR count). The van der Waals surface area contributed by atoms with E-state index in [1.807, 2.05) is 42.5 Å². The molecular formula is C25H30NNaO12. The van der Waals surface area contributed by atoms with E-state index in [1.165, 1.54) is 0 Å². The van der Waals surface area contributed by atoms with E-state index in [0.717, 1.165) is 23.3 Å². The third-order valence-corrected chi connectivity index (χ3v) is 6.49. The topological polar surface area (TPSA) is 211 Å². The number of fused-ring (bicyclic) bond motifs is 1. The predicted molar refractivity (Wildman–Crippen MR) is 127 cm³/mol. The van der Waals surface area contributed by atoms with Crippen LogP contribution in [0.3, 0.4) is 0 Å². The number of aliphatic hydroxyl groups excluding tert-OH is 5. The maximum absolute atomic E-state index is 12.0. The number of aliphatic hydroxyl groups is 5. The molecule has 0 unspecified atom stereocenters. The van der Waals surface area contributed by atoms with Gasteiger partial charge in [-0.2, -0.15) is 0 Å². The number of rotatable bonds is 8. The minimum atomic E-state index is -1.96. The first-order valence-corrected chi connectivity index (χ1v) is 11.9. The second-order valence-electron chi connectivity index (χ2n) is 9.18. The van der Waals surface area contributed by atoms with Crippen LogP contribution in [0.1, 0.15) is 12.5 Å². The van der Waals surface area contributed by atoms with E-state index >= 15 is 0 Å². The summed E-state index contributed by atoms with van der Waals surface area (Å²) in [7, 11) is 0. The Bertz CT molecular complexity index is 1150. The van der Waals surface area contributed by atoms with Crippen LogP contribution in [0.5, 0.6) is 0 Å². The summed E-state index contributed by atoms with van der Waals surface area (Å²) in [5, 5.41) is 74.3. The number of carboxylic acid groups (broad SMARTS) is 1. The molecule has 10 atom stereocenters. The predicted octanol–water partition coefficient (Wildman–Crippen LogP) is -5.14. The number of hydrogen-bond donors (Lipinski definition) is 6. The SMILES string of the molecule is CC([O-])=N[C@H]1[C@H](OCc2ccc3ccccc3c2)O[C@H](CO)[C@@H](O)[C@@H]1O[C@@H]1O[C@H](C(=O)O)[C@@H](O)[C@H](O)[C@H]1O.[Na+]. The van der Waals surface area contributed by atoms with Crippen LogP contribution in [0.4, 0.5) is 0 Å². The Morgan fingerprint density at radius 3 is 2.31 bits per heavy atom. The van der Waals surface area contributed by atoms with Crippen LogP contribution in [0, 0.1) is 0 Å². The van der Waals surface area contributed by atoms with E-state index < -0.39 is 79.8 Å². The number of carbonyl (C=O) groups is 1. The van der Waals surface area contributed by atoms with Crippen molar-refractivity contribution in [3.8, 4) is 0 Å². The van der Waals surface area contributed by atoms with Crippen molar-refractivity contribution in [2.75, 3.05) is 6.61 Å². The van der Waals surface area contributed by atoms with Gasteiger partial charge in [-0.05, 0) is 35.2 Å². The molecule has 208 valence electrons. The van der Waals surface area contributed by atoms with Crippen LogP contribution < -0.4 is 34.7 Å². The van der Waals surface area contributed by atoms with E-state index in [4.69, 9.17) is 18.9 Å². The zero-order chi connectivity index (χ0) is 27.6. The van der Waals surface area contributed by atoms with E-state index in [0.29, 0.717) is 0 Å². The van der Waals surface area contributed by atoms with Crippen LogP contribution >= 0.6 is 0 Å². The van der Waals surface area contributed by atoms with Gasteiger partial charge < -0.3 is 54.7 Å². The first-order chi connectivity index (χ1) is 18.1. The fraction of sp³-hybridized carbons (Fsp3) is 0.520. The summed E-state index contributed by atoms with van der Waals surface area (Å²) in [5.74, 6) is -2.30. The normalized spacial score (nSPS) is 35.4. The van der Waals surface area contributed by atoms with Gasteiger partial charge in [0.2, 0.25) is 0 Å². The number of aliphatic imine (C=N–C) groups is 1. The zero-order valence-corrected chi connectivity index (χ0v) is 23.3. The van der Waals surface area contributed by atoms with Crippen LogP contribution in [0.25, 0.3) is 10.8 Å². The van der Waals surface area contributed by atoms with Gasteiger partial charge in [-0.1, -0.05) is 36.4 Å². The van der Waals surface area contributed by atoms with Crippen LogP contribution in [-0.2, 0) is 30.3 Å². The number of ether oxygens (including phenoxy) is 4. The Hall–Kier alpha value is -1.72. The fourth-order valence-electron chi connectivity index (χ4n) is 4.52. The molecule has 0 aromatic heterocycles. The number of aliphatic carboxylic acids is 1. The first kappa shape index (κ1) is 31.8. The smallest absolute Gasteiger partial charge is 0.862 e. The molecule has 2 aromatic carbocycles. The molecule has 2 aliphatic heterocycles. The molecule has 2 heterocycles. The number of carboxylic acids is 1. The second-order valence-corrected chi connectivity index (χ2v) is 9.18. The number of nitrogens with zero attached hydrogens (tertiary/aromatic N) is 1. The minimum absolute atomic E-state index is 0. The first-order valence-electron chi connectivity index (χ1n) is 11.9. The summed E-state index contributed by atoms with van der Waals surface area (Å²) in [5.41, 5.74) is 0.755. The van der Waals surface area contributed by atoms with Crippen molar-refractivity contribution in [1.82, 2.24) is 0 Å². The standard InChI is InChI=1S/C25H31NO12.Na/c1-11(28)26-16-21(37-25-20(32)18(30)19(31)22(38-25)23(33)34)17(29)15(9-27)36-24(16)35-10-12-6-7-13-4-2-3-5-14(13)8-12;/h2-8,15-22,24-25,27,29-32H,9-10H2,1H3,(H,26,28)(H,33,34);/q;+1/p-1/t15-,16-,17-,18+,19+,20-,21-,22+,24-,25-;/m1./s1. The molecule has 2 saturated heterocycles. The summed E-state index contributed by atoms with van der Waals surface area (Å²) < 4.78 is 22.4. The molecule has 0 aliphatic carbocycles. The van der Waals surface area contributed by atoms with Gasteiger partial charge in [-0.25, -0.2) is 4.79 Å². The largest absolute Gasteiger partial charge is 1.00 e. The summed E-state index contributed by atoms with van der Waals surface area (Å²) >= 11 is 0. The molecule has 2 aliphatic rings. The Morgan fingerprint density at radius 1 is 0.974 bits per heavy atom. The summed E-state index contributed by atoms with van der Waals surface area (Å²) in [4.78, 5) is 15.4. The molecule has 13 nitrogen and oxygen atoms in total. The summed E-state index contributed by atoms with van der Waals surface area (Å²) in [6, 6.07) is 12.0. The van der Waals surface area contributed by atoms with Gasteiger partial charge in [0.25, 0.3) is 0 Å². The molecule has 2 fully saturated rings. The van der Waals surface area contributed by atoms with E-state index in [9.17, 15) is 40.5 Å². The van der Waals surface area contributed by atoms with Gasteiger partial charge in [-0.15, -0.1) is 0 Å². The monoisotopic (exact) mass is 559 g/mol. The van der Waals surface area contributed by atoms with Crippen molar-refractivity contribution in [1.29, 1.82) is 0 Å². The molecule has 0 spiro atoms. The van der Waals surface area contributed by atoms with Crippen molar-refractivity contribution < 1.29 is 89.0 Å². The van der Waals surface area contributed by atoms with Crippen molar-refractivity contribution in [2.24, 2.45) is 4.99 Å². The molecule has 39 heavy (non-hydrogen) atoms. The van der Waals surface area contributed by atoms with Crippen LogP contribution in [0.2, 0.25) is 0 Å². The maximum Gasteiger partial charge on any atom is 1.00 e. The van der Waals surface area contributed by atoms with Gasteiger partial charge in [0.1, 0.15) is 42.7 Å². The molecule has 6 N–H and O–H groups in total. The molecule has 0 saturated carbocycles. The van der Waals surface area contributed by atoms with Crippen molar-refractivity contribution in [3.63, 3.8) is 0 Å². The summed E-state index contributed by atoms with van der Waals surface area (Å²) in [6.45, 7) is 0.459. The van der Waals surface area contributed by atoms with Crippen molar-refractivity contribution >= 4 is 22.6 Å². The van der Waals surface area contributed by atoms with E-state index in [2.05, 4.69) is 4.99 Å².